The molecule has 0 atom stereocenters. The summed E-state index contributed by atoms with van der Waals surface area (Å²) in [6.45, 7) is 1.72. The highest BCUT2D eigenvalue weighted by molar-refractivity contribution is 6.04. The van der Waals surface area contributed by atoms with Crippen molar-refractivity contribution >= 4 is 17.6 Å². The number of ether oxygens (including phenoxy) is 1. The molecule has 0 radical (unpaired) electrons. The first-order valence-electron chi connectivity index (χ1n) is 9.55. The number of aromatic nitrogens is 1. The minimum absolute atomic E-state index is 0.0966. The second-order valence-corrected chi connectivity index (χ2v) is 6.61. The number of para-hydroxylation sites is 2. The fourth-order valence-electron chi connectivity index (χ4n) is 3.04. The summed E-state index contributed by atoms with van der Waals surface area (Å²) in [6.07, 6.45) is 5.13. The third-order valence-electron chi connectivity index (χ3n) is 4.56. The van der Waals surface area contributed by atoms with Gasteiger partial charge in [0.1, 0.15) is 5.75 Å². The molecule has 4 aromatic rings. The van der Waals surface area contributed by atoms with Gasteiger partial charge in [-0.3, -0.25) is 4.79 Å². The van der Waals surface area contributed by atoms with Crippen LogP contribution in [-0.4, -0.2) is 22.2 Å². The topological polar surface area (TPSA) is 85.8 Å². The summed E-state index contributed by atoms with van der Waals surface area (Å²) in [5, 5.41) is 4.22. The van der Waals surface area contributed by atoms with Crippen molar-refractivity contribution in [3.63, 3.8) is 0 Å². The third kappa shape index (κ3) is 4.45. The predicted molar refractivity (Wildman–Crippen MR) is 116 cm³/mol. The van der Waals surface area contributed by atoms with E-state index in [1.54, 1.807) is 49.4 Å². The van der Waals surface area contributed by atoms with Crippen LogP contribution in [0.5, 0.6) is 5.75 Å². The highest BCUT2D eigenvalue weighted by atomic mass is 16.5. The summed E-state index contributed by atoms with van der Waals surface area (Å²) in [4.78, 5) is 25.0. The van der Waals surface area contributed by atoms with Crippen molar-refractivity contribution in [3.8, 4) is 11.4 Å². The van der Waals surface area contributed by atoms with E-state index in [1.165, 1.54) is 12.3 Å². The van der Waals surface area contributed by atoms with Gasteiger partial charge in [-0.15, -0.1) is 0 Å². The number of nitrogens with one attached hydrogen (secondary N) is 1. The Labute approximate surface area is 178 Å². The number of carbonyl (C=O) groups is 2. The number of amides is 1. The molecule has 1 N–H and O–H groups in total. The maximum absolute atomic E-state index is 12.8. The first-order valence-corrected chi connectivity index (χ1v) is 9.55. The summed E-state index contributed by atoms with van der Waals surface area (Å²) < 4.78 is 12.4. The Balaban J connectivity index is 1.54. The van der Waals surface area contributed by atoms with Gasteiger partial charge in [0.05, 0.1) is 23.2 Å². The molecule has 7 heteroatoms. The molecular formula is C24H19N3O4. The molecule has 154 valence electrons. The maximum Gasteiger partial charge on any atom is 0.379 e. The molecule has 1 amide bonds. The first-order chi connectivity index (χ1) is 15.1. The minimum atomic E-state index is -0.616. The quantitative estimate of drug-likeness (QED) is 0.219. The van der Waals surface area contributed by atoms with Gasteiger partial charge in [-0.2, -0.15) is 5.10 Å². The molecule has 31 heavy (non-hydrogen) atoms. The number of carbonyl (C=O) groups excluding carboxylic acids is 2. The SMILES string of the molecule is CC(=NNC(=O)c1ccccc1-n1cccc1)c1ccccc1OC(=O)c1ccco1. The van der Waals surface area contributed by atoms with Gasteiger partial charge in [-0.25, -0.2) is 10.2 Å². The fourth-order valence-corrected chi connectivity index (χ4v) is 3.04. The Morgan fingerprint density at radius 3 is 2.35 bits per heavy atom. The molecule has 2 heterocycles. The lowest BCUT2D eigenvalue weighted by Crippen LogP contribution is -2.21. The van der Waals surface area contributed by atoms with Crippen LogP contribution in [0.25, 0.3) is 5.69 Å². The van der Waals surface area contributed by atoms with E-state index >= 15 is 0 Å². The van der Waals surface area contributed by atoms with Crippen molar-refractivity contribution < 1.29 is 18.7 Å². The number of nitrogens with zero attached hydrogens (tertiary/aromatic N) is 2. The van der Waals surface area contributed by atoms with Crippen LogP contribution in [0.1, 0.15) is 33.4 Å². The summed E-state index contributed by atoms with van der Waals surface area (Å²) in [7, 11) is 0. The number of hydrazone groups is 1. The summed E-state index contributed by atoms with van der Waals surface area (Å²) in [5.41, 5.74) is 4.86. The number of benzene rings is 2. The van der Waals surface area contributed by atoms with Gasteiger partial charge in [-0.1, -0.05) is 24.3 Å². The number of esters is 1. The van der Waals surface area contributed by atoms with E-state index in [0.717, 1.165) is 5.69 Å². The van der Waals surface area contributed by atoms with E-state index in [2.05, 4.69) is 10.5 Å². The van der Waals surface area contributed by atoms with Crippen LogP contribution in [0, 0.1) is 0 Å². The Morgan fingerprint density at radius 2 is 1.61 bits per heavy atom. The van der Waals surface area contributed by atoms with Gasteiger partial charge in [0.25, 0.3) is 5.91 Å². The number of hydrogen-bond acceptors (Lipinski definition) is 5. The lowest BCUT2D eigenvalue weighted by molar-refractivity contribution is 0.0700. The van der Waals surface area contributed by atoms with Crippen molar-refractivity contribution in [1.29, 1.82) is 0 Å². The van der Waals surface area contributed by atoms with Crippen LogP contribution >= 0.6 is 0 Å². The monoisotopic (exact) mass is 413 g/mol. The standard InChI is InChI=1S/C24H19N3O4/c1-17(18-9-3-5-12-21(18)31-24(29)22-13-8-16-30-22)25-26-23(28)19-10-2-4-11-20(19)27-14-6-7-15-27/h2-16H,1H3,(H,26,28). The van der Waals surface area contributed by atoms with Crippen LogP contribution in [0.4, 0.5) is 0 Å². The van der Waals surface area contributed by atoms with E-state index in [1.807, 2.05) is 41.2 Å². The molecule has 2 aromatic carbocycles. The molecule has 0 aliphatic carbocycles. The average Bonchev–Trinajstić information content (AvgIpc) is 3.52. The summed E-state index contributed by atoms with van der Waals surface area (Å²) >= 11 is 0. The highest BCUT2D eigenvalue weighted by Crippen LogP contribution is 2.21. The molecule has 0 saturated carbocycles. The highest BCUT2D eigenvalue weighted by Gasteiger charge is 2.16. The van der Waals surface area contributed by atoms with Gasteiger partial charge in [0.2, 0.25) is 5.76 Å². The van der Waals surface area contributed by atoms with Crippen LogP contribution in [0.15, 0.2) is 101 Å². The average molecular weight is 413 g/mol. The van der Waals surface area contributed by atoms with Crippen molar-refractivity contribution in [3.05, 3.63) is 108 Å². The molecule has 0 fully saturated rings. The summed E-state index contributed by atoms with van der Waals surface area (Å²) in [5.74, 6) is -0.560. The Morgan fingerprint density at radius 1 is 0.903 bits per heavy atom. The van der Waals surface area contributed by atoms with E-state index in [0.29, 0.717) is 22.6 Å². The molecule has 0 aliphatic rings. The normalized spacial score (nSPS) is 11.2. The molecule has 0 aliphatic heterocycles. The van der Waals surface area contributed by atoms with Gasteiger partial charge in [0.15, 0.2) is 0 Å². The smallest absolute Gasteiger partial charge is 0.379 e. The Bertz CT molecular complexity index is 1230. The Hall–Kier alpha value is -4.39. The fraction of sp³-hybridized carbons (Fsp3) is 0.0417. The Kier molecular flexibility index (Phi) is 5.75. The molecule has 0 unspecified atom stereocenters. The third-order valence-corrected chi connectivity index (χ3v) is 4.56. The molecule has 2 aromatic heterocycles. The van der Waals surface area contributed by atoms with Crippen LogP contribution in [0.3, 0.4) is 0 Å². The molecule has 0 spiro atoms. The van der Waals surface area contributed by atoms with E-state index in [-0.39, 0.29) is 11.7 Å². The lowest BCUT2D eigenvalue weighted by atomic mass is 10.1. The van der Waals surface area contributed by atoms with Gasteiger partial charge >= 0.3 is 5.97 Å². The molecule has 0 bridgehead atoms. The lowest BCUT2D eigenvalue weighted by Gasteiger charge is -2.11. The van der Waals surface area contributed by atoms with E-state index in [9.17, 15) is 9.59 Å². The first kappa shape index (κ1) is 19.9. The van der Waals surface area contributed by atoms with Gasteiger partial charge in [-0.05, 0) is 55.5 Å². The van der Waals surface area contributed by atoms with Gasteiger partial charge in [0, 0.05) is 18.0 Å². The van der Waals surface area contributed by atoms with Crippen molar-refractivity contribution in [2.45, 2.75) is 6.92 Å². The van der Waals surface area contributed by atoms with Crippen LogP contribution in [-0.2, 0) is 0 Å². The second-order valence-electron chi connectivity index (χ2n) is 6.61. The zero-order chi connectivity index (χ0) is 21.6. The second kappa shape index (κ2) is 8.96. The number of rotatable bonds is 6. The largest absolute Gasteiger partial charge is 0.457 e. The number of furan rings is 1. The maximum atomic E-state index is 12.8. The van der Waals surface area contributed by atoms with Crippen molar-refractivity contribution in [1.82, 2.24) is 9.99 Å². The van der Waals surface area contributed by atoms with E-state index in [4.69, 9.17) is 9.15 Å². The molecule has 4 rings (SSSR count). The van der Waals surface area contributed by atoms with Crippen LogP contribution in [0.2, 0.25) is 0 Å². The zero-order valence-electron chi connectivity index (χ0n) is 16.7. The van der Waals surface area contributed by atoms with Gasteiger partial charge < -0.3 is 13.7 Å². The summed E-state index contributed by atoms with van der Waals surface area (Å²) in [6, 6.07) is 21.1. The van der Waals surface area contributed by atoms with E-state index < -0.39 is 5.97 Å². The molecule has 0 saturated heterocycles. The molecule has 7 nitrogen and oxygen atoms in total. The predicted octanol–water partition coefficient (Wildman–Crippen LogP) is 4.44. The van der Waals surface area contributed by atoms with Crippen molar-refractivity contribution in [2.75, 3.05) is 0 Å². The molecular weight excluding hydrogens is 394 g/mol. The zero-order valence-corrected chi connectivity index (χ0v) is 16.7. The number of hydrogen-bond donors (Lipinski definition) is 1. The van der Waals surface area contributed by atoms with Crippen LogP contribution < -0.4 is 10.2 Å². The van der Waals surface area contributed by atoms with Crippen molar-refractivity contribution in [2.24, 2.45) is 5.10 Å². The minimum Gasteiger partial charge on any atom is -0.457 e.